The summed E-state index contributed by atoms with van der Waals surface area (Å²) in [6.45, 7) is 1.88. The third kappa shape index (κ3) is 1.59. The highest BCUT2D eigenvalue weighted by molar-refractivity contribution is 5.47. The summed E-state index contributed by atoms with van der Waals surface area (Å²) in [4.78, 5) is 0. The van der Waals surface area contributed by atoms with Gasteiger partial charge in [0, 0.05) is 12.0 Å². The van der Waals surface area contributed by atoms with Gasteiger partial charge in [-0.1, -0.05) is 18.2 Å². The van der Waals surface area contributed by atoms with E-state index in [0.29, 0.717) is 17.9 Å². The van der Waals surface area contributed by atoms with Crippen molar-refractivity contribution in [3.63, 3.8) is 0 Å². The summed E-state index contributed by atoms with van der Waals surface area (Å²) in [6.07, 6.45) is -1.84. The highest BCUT2D eigenvalue weighted by Crippen LogP contribution is 2.37. The van der Waals surface area contributed by atoms with Crippen molar-refractivity contribution in [1.29, 1.82) is 0 Å². The lowest BCUT2D eigenvalue weighted by Crippen LogP contribution is -2.40. The van der Waals surface area contributed by atoms with Gasteiger partial charge in [-0.05, 0) is 12.5 Å². The first-order chi connectivity index (χ1) is 7.03. The Morgan fingerprint density at radius 2 is 2.20 bits per heavy atom. The van der Waals surface area contributed by atoms with Crippen molar-refractivity contribution in [2.45, 2.75) is 25.3 Å². The fourth-order valence-electron chi connectivity index (χ4n) is 1.76. The summed E-state index contributed by atoms with van der Waals surface area (Å²) in [6, 6.07) is 5.24. The molecule has 0 amide bonds. The topological polar surface area (TPSA) is 35.2 Å². The Kier molecular flexibility index (Phi) is 2.38. The van der Waals surface area contributed by atoms with Crippen molar-refractivity contribution in [2.75, 3.05) is 6.61 Å². The average Bonchev–Trinajstić information content (AvgIpc) is 2.64. The normalized spacial score (nSPS) is 18.5. The molecule has 1 heterocycles. The molecule has 0 aliphatic carbocycles. The van der Waals surface area contributed by atoms with Gasteiger partial charge in [0.2, 0.25) is 0 Å². The third-order valence-corrected chi connectivity index (χ3v) is 2.75. The molecule has 0 bridgehead atoms. The van der Waals surface area contributed by atoms with E-state index in [1.165, 1.54) is 6.92 Å². The zero-order valence-corrected chi connectivity index (χ0v) is 8.47. The highest BCUT2D eigenvalue weighted by atomic mass is 19.3. The van der Waals surface area contributed by atoms with Gasteiger partial charge < -0.3 is 10.5 Å². The number of nitrogens with two attached hydrogens (primary N) is 1. The van der Waals surface area contributed by atoms with Crippen LogP contribution in [0.4, 0.5) is 8.78 Å². The average molecular weight is 213 g/mol. The smallest absolute Gasteiger partial charge is 0.260 e. The minimum Gasteiger partial charge on any atom is -0.493 e. The third-order valence-electron chi connectivity index (χ3n) is 2.75. The molecule has 82 valence electrons. The number of rotatable bonds is 2. The molecule has 1 atom stereocenters. The molecule has 0 saturated heterocycles. The van der Waals surface area contributed by atoms with Crippen LogP contribution in [0.15, 0.2) is 18.2 Å². The first-order valence-corrected chi connectivity index (χ1v) is 4.85. The second-order valence-electron chi connectivity index (χ2n) is 3.98. The molecule has 0 saturated carbocycles. The zero-order valence-electron chi connectivity index (χ0n) is 8.47. The van der Waals surface area contributed by atoms with Gasteiger partial charge in [0.15, 0.2) is 0 Å². The Morgan fingerprint density at radius 3 is 2.87 bits per heavy atom. The van der Waals surface area contributed by atoms with Crippen LogP contribution < -0.4 is 10.5 Å². The number of ether oxygens (including phenoxy) is 1. The van der Waals surface area contributed by atoms with Crippen molar-refractivity contribution in [3.05, 3.63) is 29.3 Å². The Morgan fingerprint density at radius 1 is 1.47 bits per heavy atom. The quantitative estimate of drug-likeness (QED) is 0.816. The van der Waals surface area contributed by atoms with E-state index in [9.17, 15) is 8.78 Å². The molecule has 2 rings (SSSR count). The van der Waals surface area contributed by atoms with Crippen molar-refractivity contribution >= 4 is 0 Å². The van der Waals surface area contributed by atoms with E-state index in [2.05, 4.69) is 0 Å². The standard InChI is InChI=1S/C11H13F2NO/c1-11(14,10(12)13)8-4-2-3-7-5-6-15-9(7)8/h2-4,10H,5-6,14H2,1H3. The summed E-state index contributed by atoms with van der Waals surface area (Å²) < 4.78 is 30.9. The Hall–Kier alpha value is -1.16. The van der Waals surface area contributed by atoms with Gasteiger partial charge in [0.05, 0.1) is 6.61 Å². The molecule has 0 fully saturated rings. The van der Waals surface area contributed by atoms with Crippen LogP contribution in [0, 0.1) is 0 Å². The molecule has 15 heavy (non-hydrogen) atoms. The lowest BCUT2D eigenvalue weighted by molar-refractivity contribution is 0.0610. The maximum absolute atomic E-state index is 12.8. The Labute approximate surface area is 87.0 Å². The van der Waals surface area contributed by atoms with E-state index in [-0.39, 0.29) is 0 Å². The molecule has 1 aliphatic heterocycles. The van der Waals surface area contributed by atoms with E-state index >= 15 is 0 Å². The van der Waals surface area contributed by atoms with Crippen LogP contribution in [0.3, 0.4) is 0 Å². The molecule has 0 aromatic heterocycles. The minimum atomic E-state index is -2.60. The summed E-state index contributed by atoms with van der Waals surface area (Å²) in [5, 5.41) is 0. The minimum absolute atomic E-state index is 0.396. The van der Waals surface area contributed by atoms with Crippen LogP contribution in [0.1, 0.15) is 18.1 Å². The molecule has 0 radical (unpaired) electrons. The van der Waals surface area contributed by atoms with E-state index in [0.717, 1.165) is 12.0 Å². The first-order valence-electron chi connectivity index (χ1n) is 4.85. The molecule has 1 aliphatic rings. The molecule has 4 heteroatoms. The molecular weight excluding hydrogens is 200 g/mol. The monoisotopic (exact) mass is 213 g/mol. The molecule has 1 aromatic carbocycles. The Balaban J connectivity index is 2.49. The summed E-state index contributed by atoms with van der Waals surface area (Å²) in [7, 11) is 0. The number of benzene rings is 1. The largest absolute Gasteiger partial charge is 0.493 e. The molecule has 0 spiro atoms. The van der Waals surface area contributed by atoms with Crippen LogP contribution in [0.2, 0.25) is 0 Å². The molecule has 1 unspecified atom stereocenters. The predicted molar refractivity (Wildman–Crippen MR) is 53.2 cm³/mol. The van der Waals surface area contributed by atoms with Crippen molar-refractivity contribution < 1.29 is 13.5 Å². The van der Waals surface area contributed by atoms with Crippen LogP contribution in [-0.4, -0.2) is 13.0 Å². The van der Waals surface area contributed by atoms with Gasteiger partial charge in [-0.3, -0.25) is 0 Å². The summed E-state index contributed by atoms with van der Waals surface area (Å²) >= 11 is 0. The molecule has 2 N–H and O–H groups in total. The maximum Gasteiger partial charge on any atom is 0.260 e. The van der Waals surface area contributed by atoms with Crippen LogP contribution in [0.25, 0.3) is 0 Å². The lowest BCUT2D eigenvalue weighted by Gasteiger charge is -2.25. The van der Waals surface area contributed by atoms with Crippen LogP contribution in [-0.2, 0) is 12.0 Å². The summed E-state index contributed by atoms with van der Waals surface area (Å²) in [5.41, 5.74) is 5.34. The molecular formula is C11H13F2NO. The maximum atomic E-state index is 12.8. The number of fused-ring (bicyclic) bond motifs is 1. The van der Waals surface area contributed by atoms with E-state index in [1.54, 1.807) is 12.1 Å². The highest BCUT2D eigenvalue weighted by Gasteiger charge is 2.36. The number of hydrogen-bond acceptors (Lipinski definition) is 2. The fraction of sp³-hybridized carbons (Fsp3) is 0.455. The number of para-hydroxylation sites is 1. The van der Waals surface area contributed by atoms with Gasteiger partial charge in [0.1, 0.15) is 11.3 Å². The fourth-order valence-corrected chi connectivity index (χ4v) is 1.76. The van der Waals surface area contributed by atoms with Crippen molar-refractivity contribution in [2.24, 2.45) is 5.73 Å². The van der Waals surface area contributed by atoms with Crippen LogP contribution >= 0.6 is 0 Å². The SMILES string of the molecule is CC(N)(c1cccc2c1OCC2)C(F)F. The second kappa shape index (κ2) is 3.45. The van der Waals surface area contributed by atoms with E-state index in [1.807, 2.05) is 6.07 Å². The van der Waals surface area contributed by atoms with Gasteiger partial charge in [-0.25, -0.2) is 8.78 Å². The van der Waals surface area contributed by atoms with Gasteiger partial charge in [-0.2, -0.15) is 0 Å². The van der Waals surface area contributed by atoms with Crippen molar-refractivity contribution in [1.82, 2.24) is 0 Å². The van der Waals surface area contributed by atoms with E-state index in [4.69, 9.17) is 10.5 Å². The summed E-state index contributed by atoms with van der Waals surface area (Å²) in [5.74, 6) is 0.544. The van der Waals surface area contributed by atoms with Gasteiger partial charge >= 0.3 is 0 Å². The van der Waals surface area contributed by atoms with Gasteiger partial charge in [0.25, 0.3) is 6.43 Å². The number of hydrogen-bond donors (Lipinski definition) is 1. The zero-order chi connectivity index (χ0) is 11.1. The van der Waals surface area contributed by atoms with Crippen LogP contribution in [0.5, 0.6) is 5.75 Å². The first kappa shape index (κ1) is 10.4. The van der Waals surface area contributed by atoms with Gasteiger partial charge in [-0.15, -0.1) is 0 Å². The lowest BCUT2D eigenvalue weighted by atomic mass is 9.91. The Bertz CT molecular complexity index is 377. The molecule has 1 aromatic rings. The van der Waals surface area contributed by atoms with Crippen molar-refractivity contribution in [3.8, 4) is 5.75 Å². The molecule has 2 nitrogen and oxygen atoms in total. The number of alkyl halides is 2. The van der Waals surface area contributed by atoms with E-state index < -0.39 is 12.0 Å². The second-order valence-corrected chi connectivity index (χ2v) is 3.98. The predicted octanol–water partition coefficient (Wildman–Crippen LogP) is 2.06. The number of halogens is 2.